The molecule has 0 heterocycles. The first kappa shape index (κ1) is 47.9. The lowest BCUT2D eigenvalue weighted by molar-refractivity contribution is 0.00187. The first-order valence-corrected chi connectivity index (χ1v) is 22.9. The Morgan fingerprint density at radius 3 is 0.886 bits per heavy atom. The summed E-state index contributed by atoms with van der Waals surface area (Å²) in [6.45, 7) is 0.625. The van der Waals surface area contributed by atoms with Crippen molar-refractivity contribution in [3.63, 3.8) is 0 Å². The molecule has 8 rings (SSSR count). The van der Waals surface area contributed by atoms with Crippen LogP contribution in [0.3, 0.4) is 0 Å². The van der Waals surface area contributed by atoms with Crippen LogP contribution in [0.1, 0.15) is 54.1 Å². The minimum Gasteiger partial charge on any atom is -0.485 e. The van der Waals surface area contributed by atoms with Crippen molar-refractivity contribution in [2.24, 2.45) is 5.73 Å². The van der Waals surface area contributed by atoms with Gasteiger partial charge in [-0.1, -0.05) is 182 Å². The van der Waals surface area contributed by atoms with Crippen molar-refractivity contribution in [3.05, 3.63) is 251 Å². The van der Waals surface area contributed by atoms with E-state index in [1.165, 1.54) is 0 Å². The molecule has 0 amide bonds. The average molecular weight is 936 g/mol. The van der Waals surface area contributed by atoms with Crippen LogP contribution in [0.4, 0.5) is 0 Å². The lowest BCUT2D eigenvalue weighted by atomic mass is 10.1. The normalized spacial score (nSPS) is 11.2. The number of hydrogen-bond donors (Lipinski definition) is 1. The van der Waals surface area contributed by atoms with E-state index in [0.717, 1.165) is 33.4 Å². The molecular weight excluding hydrogens is 883 g/mol. The molecule has 0 aliphatic heterocycles. The van der Waals surface area contributed by atoms with E-state index >= 15 is 0 Å². The summed E-state index contributed by atoms with van der Waals surface area (Å²) in [5, 5.41) is 0. The number of benzene rings is 8. The standard InChI is InChI=1S/C59H53NO10/c60-35-51(70-59(62)50-33-54(65-38-45-23-11-3-12-24-45)57(68-41-48-29-17-6-18-30-48)55(34-50)66-39-46-25-13-4-14-26-46)42-69-58(61)49-31-52(63-36-43-19-7-1-8-20-43)56(67-40-47-27-15-5-16-28-47)53(32-49)64-37-44-21-9-2-10-22-44/h1-34,51H,35-42,60H2. The van der Waals surface area contributed by atoms with E-state index in [1.807, 2.05) is 182 Å². The first-order chi connectivity index (χ1) is 34.5. The van der Waals surface area contributed by atoms with Crippen molar-refractivity contribution in [1.82, 2.24) is 0 Å². The number of nitrogens with two attached hydrogens (primary N) is 1. The first-order valence-electron chi connectivity index (χ1n) is 22.9. The van der Waals surface area contributed by atoms with Crippen LogP contribution in [0.15, 0.2) is 206 Å². The summed E-state index contributed by atoms with van der Waals surface area (Å²) < 4.78 is 50.0. The second-order valence-electron chi connectivity index (χ2n) is 16.1. The maximum absolute atomic E-state index is 14.1. The van der Waals surface area contributed by atoms with Gasteiger partial charge in [-0.05, 0) is 57.6 Å². The number of rotatable bonds is 24. The molecule has 0 saturated carbocycles. The maximum atomic E-state index is 14.1. The third-order valence-corrected chi connectivity index (χ3v) is 10.9. The molecule has 0 spiro atoms. The SMILES string of the molecule is NCC(COC(=O)c1cc(OCc2ccccc2)c(OCc2ccccc2)c(OCc2ccccc2)c1)OC(=O)c1cc(OCc2ccccc2)c(OCc2ccccc2)c(OCc2ccccc2)c1. The van der Waals surface area contributed by atoms with Gasteiger partial charge in [-0.25, -0.2) is 9.59 Å². The fourth-order valence-electron chi connectivity index (χ4n) is 7.12. The Morgan fingerprint density at radius 1 is 0.357 bits per heavy atom. The number of esters is 2. The van der Waals surface area contributed by atoms with E-state index in [1.54, 1.807) is 24.3 Å². The van der Waals surface area contributed by atoms with Crippen molar-refractivity contribution in [2.75, 3.05) is 13.2 Å². The van der Waals surface area contributed by atoms with Gasteiger partial charge in [-0.2, -0.15) is 0 Å². The predicted octanol–water partition coefficient (Wildman–Crippen LogP) is 11.5. The van der Waals surface area contributed by atoms with Crippen molar-refractivity contribution in [1.29, 1.82) is 0 Å². The molecule has 354 valence electrons. The topological polar surface area (TPSA) is 134 Å². The molecule has 11 heteroatoms. The zero-order chi connectivity index (χ0) is 48.2. The van der Waals surface area contributed by atoms with Crippen LogP contribution in [-0.2, 0) is 49.1 Å². The molecule has 0 saturated heterocycles. The third-order valence-electron chi connectivity index (χ3n) is 10.9. The van der Waals surface area contributed by atoms with Crippen molar-refractivity contribution in [2.45, 2.75) is 45.7 Å². The lowest BCUT2D eigenvalue weighted by Gasteiger charge is -2.21. The highest BCUT2D eigenvalue weighted by atomic mass is 16.6. The van der Waals surface area contributed by atoms with E-state index in [-0.39, 0.29) is 86.9 Å². The Labute approximate surface area is 407 Å². The molecule has 2 N–H and O–H groups in total. The lowest BCUT2D eigenvalue weighted by Crippen LogP contribution is -2.32. The Kier molecular flexibility index (Phi) is 17.1. The Morgan fingerprint density at radius 2 is 0.614 bits per heavy atom. The summed E-state index contributed by atoms with van der Waals surface area (Å²) in [5.74, 6) is 0.218. The van der Waals surface area contributed by atoms with Crippen LogP contribution in [-0.4, -0.2) is 31.2 Å². The van der Waals surface area contributed by atoms with Crippen LogP contribution in [0.25, 0.3) is 0 Å². The number of carbonyl (C=O) groups is 2. The van der Waals surface area contributed by atoms with E-state index in [4.69, 9.17) is 43.6 Å². The molecule has 8 aromatic rings. The summed E-state index contributed by atoms with van der Waals surface area (Å²) in [4.78, 5) is 28.2. The molecule has 70 heavy (non-hydrogen) atoms. The van der Waals surface area contributed by atoms with Crippen LogP contribution in [0.5, 0.6) is 34.5 Å². The molecular formula is C59H53NO10. The molecule has 0 bridgehead atoms. The Balaban J connectivity index is 1.04. The fraction of sp³-hybridized carbons (Fsp3) is 0.153. The molecule has 0 radical (unpaired) electrons. The van der Waals surface area contributed by atoms with Crippen LogP contribution in [0.2, 0.25) is 0 Å². The second-order valence-corrected chi connectivity index (χ2v) is 16.1. The summed E-state index contributed by atoms with van der Waals surface area (Å²) in [6, 6.07) is 64.2. The van der Waals surface area contributed by atoms with Gasteiger partial charge in [0.1, 0.15) is 52.4 Å². The zero-order valence-corrected chi connectivity index (χ0v) is 38.5. The molecule has 8 aromatic carbocycles. The molecule has 1 unspecified atom stereocenters. The predicted molar refractivity (Wildman–Crippen MR) is 266 cm³/mol. The summed E-state index contributed by atoms with van der Waals surface area (Å²) in [5.41, 5.74) is 11.9. The van der Waals surface area contributed by atoms with Gasteiger partial charge < -0.3 is 43.6 Å². The van der Waals surface area contributed by atoms with E-state index in [2.05, 4.69) is 0 Å². The smallest absolute Gasteiger partial charge is 0.338 e. The third kappa shape index (κ3) is 14.0. The van der Waals surface area contributed by atoms with Crippen LogP contribution < -0.4 is 34.2 Å². The second kappa shape index (κ2) is 25.0. The average Bonchev–Trinajstić information content (AvgIpc) is 3.42. The van der Waals surface area contributed by atoms with Crippen LogP contribution >= 0.6 is 0 Å². The van der Waals surface area contributed by atoms with E-state index in [0.29, 0.717) is 11.5 Å². The van der Waals surface area contributed by atoms with Crippen molar-refractivity contribution in [3.8, 4) is 34.5 Å². The Bertz CT molecular complexity index is 2740. The maximum Gasteiger partial charge on any atom is 0.338 e. The molecule has 11 nitrogen and oxygen atoms in total. The largest absolute Gasteiger partial charge is 0.485 e. The minimum atomic E-state index is -1.04. The number of ether oxygens (including phenoxy) is 8. The van der Waals surface area contributed by atoms with Gasteiger partial charge in [0, 0.05) is 6.54 Å². The summed E-state index contributed by atoms with van der Waals surface area (Å²) in [7, 11) is 0. The van der Waals surface area contributed by atoms with Crippen molar-refractivity contribution >= 4 is 11.9 Å². The van der Waals surface area contributed by atoms with Gasteiger partial charge in [-0.3, -0.25) is 0 Å². The number of carbonyl (C=O) groups excluding carboxylic acids is 2. The van der Waals surface area contributed by atoms with Gasteiger partial charge in [0.25, 0.3) is 0 Å². The molecule has 0 aromatic heterocycles. The molecule has 0 aliphatic rings. The quantitative estimate of drug-likeness (QED) is 0.0580. The minimum absolute atomic E-state index is 0.106. The molecule has 1 atom stereocenters. The van der Waals surface area contributed by atoms with Crippen molar-refractivity contribution < 1.29 is 47.5 Å². The highest BCUT2D eigenvalue weighted by molar-refractivity contribution is 5.92. The Hall–Kier alpha value is -8.54. The monoisotopic (exact) mass is 935 g/mol. The fourth-order valence-corrected chi connectivity index (χ4v) is 7.12. The van der Waals surface area contributed by atoms with Gasteiger partial charge in [-0.15, -0.1) is 0 Å². The van der Waals surface area contributed by atoms with Gasteiger partial charge in [0.2, 0.25) is 11.5 Å². The van der Waals surface area contributed by atoms with E-state index in [9.17, 15) is 9.59 Å². The van der Waals surface area contributed by atoms with Gasteiger partial charge in [0.05, 0.1) is 11.1 Å². The summed E-state index contributed by atoms with van der Waals surface area (Å²) >= 11 is 0. The van der Waals surface area contributed by atoms with Gasteiger partial charge in [0.15, 0.2) is 23.0 Å². The van der Waals surface area contributed by atoms with Gasteiger partial charge >= 0.3 is 11.9 Å². The van der Waals surface area contributed by atoms with E-state index < -0.39 is 18.0 Å². The molecule has 0 aliphatic carbocycles. The van der Waals surface area contributed by atoms with Crippen LogP contribution in [0, 0.1) is 0 Å². The highest BCUT2D eigenvalue weighted by Gasteiger charge is 2.25. The number of hydrogen-bond acceptors (Lipinski definition) is 11. The summed E-state index contributed by atoms with van der Waals surface area (Å²) in [6.07, 6.45) is -1.04. The zero-order valence-electron chi connectivity index (χ0n) is 38.5. The highest BCUT2D eigenvalue weighted by Crippen LogP contribution is 2.42. The molecule has 0 fully saturated rings.